The molecule has 1 heterocycles. The van der Waals surface area contributed by atoms with Gasteiger partial charge in [0.15, 0.2) is 0 Å². The van der Waals surface area contributed by atoms with Gasteiger partial charge in [-0.3, -0.25) is 4.99 Å². The van der Waals surface area contributed by atoms with E-state index >= 15 is 0 Å². The minimum atomic E-state index is -0.336. The fraction of sp³-hybridized carbons (Fsp3) is 0.625. The molecule has 0 aromatic carbocycles. The van der Waals surface area contributed by atoms with E-state index in [2.05, 4.69) is 16.6 Å². The summed E-state index contributed by atoms with van der Waals surface area (Å²) in [6.07, 6.45) is 5.96. The summed E-state index contributed by atoms with van der Waals surface area (Å²) in [7, 11) is 0. The van der Waals surface area contributed by atoms with Gasteiger partial charge in [0, 0.05) is 24.9 Å². The van der Waals surface area contributed by atoms with Gasteiger partial charge in [0.2, 0.25) is 0 Å². The first kappa shape index (κ1) is 16.9. The molecule has 0 bridgehead atoms. The number of aliphatic hydroxyl groups is 1. The average Bonchev–Trinajstić information content (AvgIpc) is 2.93. The molecule has 6 heteroatoms. The fourth-order valence-corrected chi connectivity index (χ4v) is 2.76. The van der Waals surface area contributed by atoms with Gasteiger partial charge in [0.25, 0.3) is 0 Å². The van der Waals surface area contributed by atoms with Crippen molar-refractivity contribution in [1.29, 1.82) is 0 Å². The Morgan fingerprint density at radius 1 is 1.55 bits per heavy atom. The standard InChI is InChI=1S/C16H26N4O2/c1-4-12(17)11(9-20-10(3)15(18)19-5-2)13-6-7-16(22-13)8-14(16)21/h5,9,12-14,21H,2,4,6-8,17H2,1,3H3,(H2,18,19)/b11-9+,20-10?/t12?,13-,14-,16+/m1/s1. The van der Waals surface area contributed by atoms with E-state index in [9.17, 15) is 5.11 Å². The average molecular weight is 306 g/mol. The topological polar surface area (TPSA) is 106 Å². The minimum Gasteiger partial charge on any atom is -0.390 e. The number of aliphatic hydroxyl groups excluding tert-OH is 1. The van der Waals surface area contributed by atoms with Crippen molar-refractivity contribution in [3.8, 4) is 0 Å². The Balaban J connectivity index is 2.16. The molecule has 5 N–H and O–H groups in total. The van der Waals surface area contributed by atoms with E-state index in [-0.39, 0.29) is 23.9 Å². The molecule has 1 aliphatic carbocycles. The number of amidine groups is 1. The molecule has 2 rings (SSSR count). The summed E-state index contributed by atoms with van der Waals surface area (Å²) in [4.78, 5) is 8.28. The van der Waals surface area contributed by atoms with E-state index in [0.717, 1.165) is 31.3 Å². The quantitative estimate of drug-likeness (QED) is 0.507. The molecule has 0 amide bonds. The second-order valence-electron chi connectivity index (χ2n) is 5.99. The van der Waals surface area contributed by atoms with E-state index in [0.29, 0.717) is 11.5 Å². The van der Waals surface area contributed by atoms with E-state index in [4.69, 9.17) is 16.2 Å². The van der Waals surface area contributed by atoms with Crippen molar-refractivity contribution < 1.29 is 9.84 Å². The lowest BCUT2D eigenvalue weighted by atomic mass is 9.98. The zero-order chi connectivity index (χ0) is 16.3. The Bertz CT molecular complexity index is 526. The molecule has 0 aromatic rings. The van der Waals surface area contributed by atoms with E-state index in [1.807, 2.05) is 6.92 Å². The van der Waals surface area contributed by atoms with Crippen LogP contribution in [0.2, 0.25) is 0 Å². The Morgan fingerprint density at radius 3 is 2.73 bits per heavy atom. The normalized spacial score (nSPS) is 34.1. The van der Waals surface area contributed by atoms with Gasteiger partial charge in [-0.2, -0.15) is 0 Å². The summed E-state index contributed by atoms with van der Waals surface area (Å²) >= 11 is 0. The molecule has 1 saturated carbocycles. The van der Waals surface area contributed by atoms with Crippen molar-refractivity contribution in [2.75, 3.05) is 0 Å². The Labute approximate surface area is 131 Å². The molecule has 1 spiro atoms. The highest BCUT2D eigenvalue weighted by molar-refractivity contribution is 6.40. The molecular weight excluding hydrogens is 280 g/mol. The van der Waals surface area contributed by atoms with Crippen LogP contribution in [0.15, 0.2) is 34.5 Å². The van der Waals surface area contributed by atoms with Gasteiger partial charge in [-0.1, -0.05) is 13.5 Å². The predicted octanol–water partition coefficient (Wildman–Crippen LogP) is 1.25. The van der Waals surface area contributed by atoms with Crippen molar-refractivity contribution >= 4 is 11.5 Å². The summed E-state index contributed by atoms with van der Waals surface area (Å²) < 4.78 is 6.05. The molecule has 2 fully saturated rings. The molecular formula is C16H26N4O2. The molecule has 0 radical (unpaired) electrons. The van der Waals surface area contributed by atoms with Gasteiger partial charge in [-0.15, -0.1) is 0 Å². The van der Waals surface area contributed by atoms with Gasteiger partial charge in [0.05, 0.1) is 23.5 Å². The second-order valence-corrected chi connectivity index (χ2v) is 5.99. The first-order chi connectivity index (χ1) is 10.4. The Hall–Kier alpha value is -1.50. The molecule has 22 heavy (non-hydrogen) atoms. The number of hydrogen-bond donors (Lipinski definition) is 3. The van der Waals surface area contributed by atoms with Crippen LogP contribution in [0.25, 0.3) is 0 Å². The van der Waals surface area contributed by atoms with Gasteiger partial charge < -0.3 is 21.3 Å². The molecule has 122 valence electrons. The number of nitrogens with zero attached hydrogens (tertiary/aromatic N) is 2. The zero-order valence-corrected chi connectivity index (χ0v) is 13.3. The highest BCUT2D eigenvalue weighted by Crippen LogP contribution is 2.51. The van der Waals surface area contributed by atoms with Crippen molar-refractivity contribution in [1.82, 2.24) is 0 Å². The third kappa shape index (κ3) is 3.45. The second kappa shape index (κ2) is 6.73. The number of rotatable bonds is 6. The summed E-state index contributed by atoms with van der Waals surface area (Å²) in [5.41, 5.74) is 13.2. The van der Waals surface area contributed by atoms with E-state index in [1.54, 1.807) is 13.1 Å². The highest BCUT2D eigenvalue weighted by atomic mass is 16.5. The number of nitrogens with two attached hydrogens (primary N) is 2. The van der Waals surface area contributed by atoms with Crippen LogP contribution in [-0.2, 0) is 4.74 Å². The monoisotopic (exact) mass is 306 g/mol. The summed E-state index contributed by atoms with van der Waals surface area (Å²) in [6.45, 7) is 7.33. The van der Waals surface area contributed by atoms with Crippen LogP contribution >= 0.6 is 0 Å². The first-order valence-electron chi connectivity index (χ1n) is 7.74. The summed E-state index contributed by atoms with van der Waals surface area (Å²) in [6, 6.07) is -0.120. The summed E-state index contributed by atoms with van der Waals surface area (Å²) in [5, 5.41) is 9.72. The molecule has 1 saturated heterocycles. The maximum atomic E-state index is 9.72. The van der Waals surface area contributed by atoms with Crippen LogP contribution in [0.5, 0.6) is 0 Å². The summed E-state index contributed by atoms with van der Waals surface area (Å²) in [5.74, 6) is 0.331. The lowest BCUT2D eigenvalue weighted by molar-refractivity contribution is 0.0128. The van der Waals surface area contributed by atoms with Gasteiger partial charge in [0.1, 0.15) is 5.84 Å². The maximum Gasteiger partial charge on any atom is 0.144 e. The van der Waals surface area contributed by atoms with Crippen LogP contribution in [0.3, 0.4) is 0 Å². The fourth-order valence-electron chi connectivity index (χ4n) is 2.76. The predicted molar refractivity (Wildman–Crippen MR) is 88.7 cm³/mol. The minimum absolute atomic E-state index is 0.0822. The van der Waals surface area contributed by atoms with Crippen LogP contribution < -0.4 is 11.5 Å². The van der Waals surface area contributed by atoms with Crippen LogP contribution in [0.1, 0.15) is 39.5 Å². The Morgan fingerprint density at radius 2 is 2.23 bits per heavy atom. The molecule has 1 unspecified atom stereocenters. The molecule has 6 nitrogen and oxygen atoms in total. The third-order valence-corrected chi connectivity index (χ3v) is 4.44. The van der Waals surface area contributed by atoms with Crippen molar-refractivity contribution in [2.24, 2.45) is 21.5 Å². The van der Waals surface area contributed by atoms with Crippen LogP contribution in [0.4, 0.5) is 0 Å². The highest BCUT2D eigenvalue weighted by Gasteiger charge is 2.59. The van der Waals surface area contributed by atoms with Crippen LogP contribution in [-0.4, -0.2) is 40.5 Å². The smallest absolute Gasteiger partial charge is 0.144 e. The third-order valence-electron chi connectivity index (χ3n) is 4.44. The first-order valence-corrected chi connectivity index (χ1v) is 7.74. The van der Waals surface area contributed by atoms with Crippen molar-refractivity contribution in [3.63, 3.8) is 0 Å². The van der Waals surface area contributed by atoms with Crippen molar-refractivity contribution in [2.45, 2.75) is 63.4 Å². The number of hydrogen-bond acceptors (Lipinski definition) is 5. The van der Waals surface area contributed by atoms with Gasteiger partial charge in [-0.05, 0) is 31.8 Å². The lowest BCUT2D eigenvalue weighted by Gasteiger charge is -2.21. The number of aliphatic imine (C=N–C) groups is 2. The van der Waals surface area contributed by atoms with E-state index in [1.165, 1.54) is 6.20 Å². The zero-order valence-electron chi connectivity index (χ0n) is 13.3. The lowest BCUT2D eigenvalue weighted by Crippen LogP contribution is -2.30. The largest absolute Gasteiger partial charge is 0.390 e. The molecule has 2 aliphatic rings. The molecule has 1 aliphatic heterocycles. The molecule has 4 atom stereocenters. The van der Waals surface area contributed by atoms with Crippen LogP contribution in [0, 0.1) is 0 Å². The van der Waals surface area contributed by atoms with E-state index < -0.39 is 0 Å². The number of ether oxygens (including phenoxy) is 1. The Kier molecular flexibility index (Phi) is 5.16. The van der Waals surface area contributed by atoms with Crippen molar-refractivity contribution in [3.05, 3.63) is 24.6 Å². The molecule has 0 aromatic heterocycles. The maximum absolute atomic E-state index is 9.72. The van der Waals surface area contributed by atoms with Gasteiger partial charge >= 0.3 is 0 Å². The van der Waals surface area contributed by atoms with Gasteiger partial charge in [-0.25, -0.2) is 4.99 Å². The SMILES string of the molecule is C=CN=C(N)C(C)=N/C=C(\C(N)CC)[C@H]1CC[C@@]2(C[C@H]2O)O1.